The largest absolute Gasteiger partial charge is 0.103 e. The number of allylic oxidation sites excluding steroid dienone is 3. The Labute approximate surface area is 56.3 Å². The van der Waals surface area contributed by atoms with Crippen LogP contribution in [0.2, 0.25) is 0 Å². The first-order valence-corrected chi connectivity index (χ1v) is 3.71. The normalized spacial score (nSPS) is 46.0. The molecule has 0 aromatic rings. The summed E-state index contributed by atoms with van der Waals surface area (Å²) in [5.41, 5.74) is 0. The number of rotatable bonds is 1. The van der Waals surface area contributed by atoms with Crippen LogP contribution < -0.4 is 0 Å². The summed E-state index contributed by atoms with van der Waals surface area (Å²) >= 11 is 0. The smallest absolute Gasteiger partial charge is 0.0165 e. The first kappa shape index (κ1) is 5.28. The lowest BCUT2D eigenvalue weighted by Gasteiger charge is -2.11. The SMILES string of the molecule is C=CC1C[C@@H]2C=C[C@H]1C2. The van der Waals surface area contributed by atoms with Gasteiger partial charge in [0.25, 0.3) is 0 Å². The minimum absolute atomic E-state index is 0.806. The molecule has 0 nitrogen and oxygen atoms in total. The maximum Gasteiger partial charge on any atom is -0.0165 e. The van der Waals surface area contributed by atoms with Crippen molar-refractivity contribution in [2.24, 2.45) is 17.8 Å². The van der Waals surface area contributed by atoms with Crippen LogP contribution in [0.15, 0.2) is 24.8 Å². The van der Waals surface area contributed by atoms with Crippen molar-refractivity contribution in [3.8, 4) is 0 Å². The molecule has 1 unspecified atom stereocenters. The van der Waals surface area contributed by atoms with Gasteiger partial charge in [0, 0.05) is 0 Å². The predicted molar refractivity (Wildman–Crippen MR) is 39.0 cm³/mol. The van der Waals surface area contributed by atoms with Crippen LogP contribution in [0.3, 0.4) is 0 Å². The van der Waals surface area contributed by atoms with E-state index in [2.05, 4.69) is 24.8 Å². The van der Waals surface area contributed by atoms with E-state index in [-0.39, 0.29) is 0 Å². The zero-order valence-corrected chi connectivity index (χ0v) is 5.59. The van der Waals surface area contributed by atoms with E-state index >= 15 is 0 Å². The van der Waals surface area contributed by atoms with Gasteiger partial charge in [-0.05, 0) is 30.6 Å². The second kappa shape index (κ2) is 1.73. The fraction of sp³-hybridized carbons (Fsp3) is 0.556. The molecule has 48 valence electrons. The summed E-state index contributed by atoms with van der Waals surface area (Å²) in [5.74, 6) is 2.56. The van der Waals surface area contributed by atoms with Crippen molar-refractivity contribution < 1.29 is 0 Å². The maximum atomic E-state index is 3.83. The van der Waals surface area contributed by atoms with Crippen LogP contribution in [0.25, 0.3) is 0 Å². The molecule has 2 aliphatic rings. The highest BCUT2D eigenvalue weighted by Gasteiger charge is 2.33. The van der Waals surface area contributed by atoms with Crippen molar-refractivity contribution in [2.45, 2.75) is 12.8 Å². The second-order valence-electron chi connectivity index (χ2n) is 3.18. The molecule has 0 N–H and O–H groups in total. The van der Waals surface area contributed by atoms with E-state index in [9.17, 15) is 0 Å². The highest BCUT2D eigenvalue weighted by atomic mass is 14.4. The summed E-state index contributed by atoms with van der Waals surface area (Å²) in [6.07, 6.45) is 9.61. The van der Waals surface area contributed by atoms with Gasteiger partial charge < -0.3 is 0 Å². The molecule has 9 heavy (non-hydrogen) atoms. The van der Waals surface area contributed by atoms with E-state index in [1.165, 1.54) is 12.8 Å². The quantitative estimate of drug-likeness (QED) is 0.466. The molecule has 0 radical (unpaired) electrons. The van der Waals surface area contributed by atoms with Gasteiger partial charge in [-0.25, -0.2) is 0 Å². The Kier molecular flexibility index (Phi) is 1.01. The fourth-order valence-corrected chi connectivity index (χ4v) is 2.09. The Hall–Kier alpha value is -0.520. The molecule has 1 fully saturated rings. The van der Waals surface area contributed by atoms with Gasteiger partial charge in [0.05, 0.1) is 0 Å². The molecular weight excluding hydrogens is 108 g/mol. The van der Waals surface area contributed by atoms with Crippen molar-refractivity contribution in [3.05, 3.63) is 24.8 Å². The molecule has 0 aliphatic heterocycles. The molecule has 0 aromatic heterocycles. The highest BCUT2D eigenvalue weighted by Crippen LogP contribution is 2.43. The van der Waals surface area contributed by atoms with Gasteiger partial charge in [0.2, 0.25) is 0 Å². The van der Waals surface area contributed by atoms with Gasteiger partial charge in [-0.1, -0.05) is 18.2 Å². The van der Waals surface area contributed by atoms with E-state index in [0.29, 0.717) is 0 Å². The zero-order chi connectivity index (χ0) is 6.27. The van der Waals surface area contributed by atoms with Crippen LogP contribution in [0.5, 0.6) is 0 Å². The molecule has 0 saturated heterocycles. The standard InChI is InChI=1S/C9H12/c1-2-8-5-7-3-4-9(8)6-7/h2-4,7-9H,1,5-6H2/t7-,8?,9-/m0/s1. The predicted octanol–water partition coefficient (Wildman–Crippen LogP) is 2.38. The molecule has 3 atom stereocenters. The summed E-state index contributed by atoms with van der Waals surface area (Å²) in [7, 11) is 0. The van der Waals surface area contributed by atoms with Gasteiger partial charge in [-0.2, -0.15) is 0 Å². The molecule has 0 heterocycles. The Bertz CT molecular complexity index is 155. The number of hydrogen-bond acceptors (Lipinski definition) is 0. The first-order valence-electron chi connectivity index (χ1n) is 3.71. The summed E-state index contributed by atoms with van der Waals surface area (Å²) in [6.45, 7) is 3.83. The molecule has 2 bridgehead atoms. The lowest BCUT2D eigenvalue weighted by molar-refractivity contribution is 0.551. The molecule has 0 heteroatoms. The van der Waals surface area contributed by atoms with Crippen LogP contribution in [0.4, 0.5) is 0 Å². The average Bonchev–Trinajstić information content (AvgIpc) is 2.45. The van der Waals surface area contributed by atoms with E-state index in [1.54, 1.807) is 0 Å². The molecule has 0 spiro atoms. The van der Waals surface area contributed by atoms with Crippen molar-refractivity contribution in [2.75, 3.05) is 0 Å². The van der Waals surface area contributed by atoms with E-state index < -0.39 is 0 Å². The van der Waals surface area contributed by atoms with Crippen LogP contribution in [0.1, 0.15) is 12.8 Å². The molecule has 2 aliphatic carbocycles. The topological polar surface area (TPSA) is 0 Å². The van der Waals surface area contributed by atoms with Gasteiger partial charge in [-0.15, -0.1) is 6.58 Å². The lowest BCUT2D eigenvalue weighted by atomic mass is 9.94. The van der Waals surface area contributed by atoms with Crippen molar-refractivity contribution in [1.82, 2.24) is 0 Å². The molecule has 0 amide bonds. The van der Waals surface area contributed by atoms with Crippen molar-refractivity contribution >= 4 is 0 Å². The molecule has 1 saturated carbocycles. The summed E-state index contributed by atoms with van der Waals surface area (Å²) < 4.78 is 0. The van der Waals surface area contributed by atoms with E-state index in [0.717, 1.165) is 17.8 Å². The maximum absolute atomic E-state index is 3.83. The molecule has 2 rings (SSSR count). The van der Waals surface area contributed by atoms with Gasteiger partial charge in [0.1, 0.15) is 0 Å². The van der Waals surface area contributed by atoms with Crippen LogP contribution in [-0.4, -0.2) is 0 Å². The average molecular weight is 120 g/mol. The van der Waals surface area contributed by atoms with Crippen molar-refractivity contribution in [3.63, 3.8) is 0 Å². The Morgan fingerprint density at radius 2 is 2.22 bits per heavy atom. The third-order valence-electron chi connectivity index (χ3n) is 2.63. The minimum Gasteiger partial charge on any atom is -0.103 e. The van der Waals surface area contributed by atoms with Gasteiger partial charge in [0.15, 0.2) is 0 Å². The minimum atomic E-state index is 0.806. The Morgan fingerprint density at radius 1 is 1.33 bits per heavy atom. The third-order valence-corrected chi connectivity index (χ3v) is 2.63. The third kappa shape index (κ3) is 0.658. The highest BCUT2D eigenvalue weighted by molar-refractivity contribution is 5.13. The van der Waals surface area contributed by atoms with Crippen LogP contribution in [0, 0.1) is 17.8 Å². The van der Waals surface area contributed by atoms with Gasteiger partial charge in [-0.3, -0.25) is 0 Å². The summed E-state index contributed by atoms with van der Waals surface area (Å²) in [6, 6.07) is 0. The lowest BCUT2D eigenvalue weighted by Crippen LogP contribution is -2.01. The van der Waals surface area contributed by atoms with Gasteiger partial charge >= 0.3 is 0 Å². The number of fused-ring (bicyclic) bond motifs is 2. The Morgan fingerprint density at radius 3 is 2.56 bits per heavy atom. The summed E-state index contributed by atoms with van der Waals surface area (Å²) in [4.78, 5) is 0. The number of hydrogen-bond donors (Lipinski definition) is 0. The Balaban J connectivity index is 2.19. The molecular formula is C9H12. The monoisotopic (exact) mass is 120 g/mol. The van der Waals surface area contributed by atoms with Crippen LogP contribution in [-0.2, 0) is 0 Å². The zero-order valence-electron chi connectivity index (χ0n) is 5.59. The summed E-state index contributed by atoms with van der Waals surface area (Å²) in [5, 5.41) is 0. The van der Waals surface area contributed by atoms with Crippen LogP contribution >= 0.6 is 0 Å². The first-order chi connectivity index (χ1) is 4.40. The second-order valence-corrected chi connectivity index (χ2v) is 3.18. The van der Waals surface area contributed by atoms with E-state index in [4.69, 9.17) is 0 Å². The van der Waals surface area contributed by atoms with E-state index in [1.807, 2.05) is 0 Å². The fourth-order valence-electron chi connectivity index (χ4n) is 2.09. The molecule has 0 aromatic carbocycles. The van der Waals surface area contributed by atoms with Crippen molar-refractivity contribution in [1.29, 1.82) is 0 Å².